The fourth-order valence-electron chi connectivity index (χ4n) is 1.03. The summed E-state index contributed by atoms with van der Waals surface area (Å²) in [6.45, 7) is 3.78. The van der Waals surface area contributed by atoms with E-state index in [9.17, 15) is 4.79 Å². The van der Waals surface area contributed by atoms with Crippen molar-refractivity contribution in [3.8, 4) is 6.07 Å². The smallest absolute Gasteiger partial charge is 0.237 e. The normalized spacial score (nSPS) is 18.5. The summed E-state index contributed by atoms with van der Waals surface area (Å²) in [7, 11) is 0. The van der Waals surface area contributed by atoms with Crippen molar-refractivity contribution < 1.29 is 4.79 Å². The van der Waals surface area contributed by atoms with Crippen molar-refractivity contribution in [2.75, 3.05) is 0 Å². The average Bonchev–Trinajstić information content (AvgIpc) is 2.71. The summed E-state index contributed by atoms with van der Waals surface area (Å²) in [6.07, 6.45) is 2.14. The number of nitrogens with zero attached hydrogens (tertiary/aromatic N) is 1. The Bertz CT molecular complexity index is 213. The fraction of sp³-hybridized carbons (Fsp3) is 0.778. The molecule has 0 aromatic heterocycles. The average molecular weight is 166 g/mol. The van der Waals surface area contributed by atoms with Gasteiger partial charge >= 0.3 is 0 Å². The second-order valence-corrected chi connectivity index (χ2v) is 3.63. The van der Waals surface area contributed by atoms with Crippen molar-refractivity contribution in [2.24, 2.45) is 11.8 Å². The summed E-state index contributed by atoms with van der Waals surface area (Å²) in [5.41, 5.74) is 0. The molecule has 1 amide bonds. The topological polar surface area (TPSA) is 52.9 Å². The summed E-state index contributed by atoms with van der Waals surface area (Å²) < 4.78 is 0. The van der Waals surface area contributed by atoms with E-state index < -0.39 is 5.92 Å². The van der Waals surface area contributed by atoms with Crippen LogP contribution in [0.2, 0.25) is 0 Å². The van der Waals surface area contributed by atoms with Gasteiger partial charge in [-0.1, -0.05) is 13.8 Å². The van der Waals surface area contributed by atoms with Crippen molar-refractivity contribution in [3.63, 3.8) is 0 Å². The number of amides is 1. The van der Waals surface area contributed by atoms with E-state index in [0.29, 0.717) is 6.04 Å². The second-order valence-electron chi connectivity index (χ2n) is 3.63. The first-order valence-corrected chi connectivity index (χ1v) is 4.35. The molecule has 1 unspecified atom stereocenters. The van der Waals surface area contributed by atoms with E-state index in [2.05, 4.69) is 5.32 Å². The van der Waals surface area contributed by atoms with E-state index in [-0.39, 0.29) is 11.8 Å². The molecule has 12 heavy (non-hydrogen) atoms. The van der Waals surface area contributed by atoms with Gasteiger partial charge in [-0.15, -0.1) is 0 Å². The minimum atomic E-state index is -0.481. The minimum Gasteiger partial charge on any atom is -0.352 e. The van der Waals surface area contributed by atoms with Crippen LogP contribution in [0.25, 0.3) is 0 Å². The Balaban J connectivity index is 2.42. The Kier molecular flexibility index (Phi) is 2.69. The van der Waals surface area contributed by atoms with E-state index in [1.54, 1.807) is 0 Å². The predicted molar refractivity (Wildman–Crippen MR) is 45.1 cm³/mol. The highest BCUT2D eigenvalue weighted by molar-refractivity contribution is 5.81. The van der Waals surface area contributed by atoms with Crippen LogP contribution in [0.3, 0.4) is 0 Å². The Labute approximate surface area is 72.8 Å². The molecule has 0 bridgehead atoms. The highest BCUT2D eigenvalue weighted by Crippen LogP contribution is 2.20. The molecule has 0 radical (unpaired) electrons. The lowest BCUT2D eigenvalue weighted by molar-refractivity contribution is -0.124. The zero-order valence-corrected chi connectivity index (χ0v) is 7.50. The Morgan fingerprint density at radius 3 is 2.50 bits per heavy atom. The van der Waals surface area contributed by atoms with Gasteiger partial charge in [-0.25, -0.2) is 0 Å². The van der Waals surface area contributed by atoms with E-state index in [1.165, 1.54) is 0 Å². The molecule has 1 atom stereocenters. The molecule has 0 spiro atoms. The monoisotopic (exact) mass is 166 g/mol. The number of carbonyl (C=O) groups excluding carboxylic acids is 1. The van der Waals surface area contributed by atoms with Crippen LogP contribution in [0, 0.1) is 23.2 Å². The lowest BCUT2D eigenvalue weighted by atomic mass is 9.97. The quantitative estimate of drug-likeness (QED) is 0.681. The van der Waals surface area contributed by atoms with Gasteiger partial charge in [0.05, 0.1) is 6.07 Å². The van der Waals surface area contributed by atoms with Crippen molar-refractivity contribution in [1.29, 1.82) is 5.26 Å². The van der Waals surface area contributed by atoms with Gasteiger partial charge in [0.15, 0.2) is 0 Å². The maximum Gasteiger partial charge on any atom is 0.237 e. The SMILES string of the molecule is CC(C)C(C#N)C(=O)NC1CC1. The van der Waals surface area contributed by atoms with Crippen LogP contribution >= 0.6 is 0 Å². The molecule has 1 aliphatic rings. The summed E-state index contributed by atoms with van der Waals surface area (Å²) in [6, 6.07) is 2.38. The number of hydrogen-bond donors (Lipinski definition) is 1. The summed E-state index contributed by atoms with van der Waals surface area (Å²) in [4.78, 5) is 11.3. The zero-order chi connectivity index (χ0) is 9.14. The van der Waals surface area contributed by atoms with Crippen LogP contribution in [-0.2, 0) is 4.79 Å². The molecule has 1 aliphatic carbocycles. The van der Waals surface area contributed by atoms with Gasteiger partial charge in [-0.3, -0.25) is 4.79 Å². The molecule has 3 nitrogen and oxygen atoms in total. The highest BCUT2D eigenvalue weighted by Gasteiger charge is 2.28. The van der Waals surface area contributed by atoms with E-state index in [4.69, 9.17) is 5.26 Å². The first kappa shape index (κ1) is 9.05. The number of hydrogen-bond acceptors (Lipinski definition) is 2. The molecular formula is C9H14N2O. The fourth-order valence-corrected chi connectivity index (χ4v) is 1.03. The number of nitrogens with one attached hydrogen (secondary N) is 1. The predicted octanol–water partition coefficient (Wildman–Crippen LogP) is 1.06. The second kappa shape index (κ2) is 3.57. The number of carbonyl (C=O) groups is 1. The van der Waals surface area contributed by atoms with Crippen LogP contribution in [0.5, 0.6) is 0 Å². The number of nitriles is 1. The third-order valence-corrected chi connectivity index (χ3v) is 2.01. The van der Waals surface area contributed by atoms with Gasteiger partial charge in [0.1, 0.15) is 5.92 Å². The summed E-state index contributed by atoms with van der Waals surface area (Å²) >= 11 is 0. The van der Waals surface area contributed by atoms with Crippen LogP contribution in [0.15, 0.2) is 0 Å². The molecular weight excluding hydrogens is 152 g/mol. The first-order chi connectivity index (χ1) is 5.65. The Morgan fingerprint density at radius 1 is 1.58 bits per heavy atom. The standard InChI is InChI=1S/C9H14N2O/c1-6(2)8(5-10)9(12)11-7-3-4-7/h6-8H,3-4H2,1-2H3,(H,11,12). The van der Waals surface area contributed by atoms with Crippen molar-refractivity contribution in [1.82, 2.24) is 5.32 Å². The Morgan fingerprint density at radius 2 is 2.17 bits per heavy atom. The molecule has 0 aromatic carbocycles. The summed E-state index contributed by atoms with van der Waals surface area (Å²) in [5, 5.41) is 11.5. The van der Waals surface area contributed by atoms with Crippen LogP contribution in [0.4, 0.5) is 0 Å². The van der Waals surface area contributed by atoms with Gasteiger partial charge in [0.2, 0.25) is 5.91 Å². The third kappa shape index (κ3) is 2.23. The van der Waals surface area contributed by atoms with Gasteiger partial charge in [0, 0.05) is 6.04 Å². The third-order valence-electron chi connectivity index (χ3n) is 2.01. The molecule has 1 saturated carbocycles. The molecule has 3 heteroatoms. The zero-order valence-electron chi connectivity index (χ0n) is 7.50. The lowest BCUT2D eigenvalue weighted by Gasteiger charge is -2.11. The number of rotatable bonds is 3. The van der Waals surface area contributed by atoms with Crippen molar-refractivity contribution in [2.45, 2.75) is 32.7 Å². The van der Waals surface area contributed by atoms with Gasteiger partial charge < -0.3 is 5.32 Å². The minimum absolute atomic E-state index is 0.102. The van der Waals surface area contributed by atoms with Gasteiger partial charge in [-0.2, -0.15) is 5.26 Å². The van der Waals surface area contributed by atoms with Gasteiger partial charge in [-0.05, 0) is 18.8 Å². The van der Waals surface area contributed by atoms with Crippen LogP contribution in [0.1, 0.15) is 26.7 Å². The molecule has 0 heterocycles. The maximum absolute atomic E-state index is 11.3. The first-order valence-electron chi connectivity index (χ1n) is 4.35. The molecule has 0 aromatic rings. The molecule has 0 saturated heterocycles. The van der Waals surface area contributed by atoms with Gasteiger partial charge in [0.25, 0.3) is 0 Å². The van der Waals surface area contributed by atoms with Crippen molar-refractivity contribution in [3.05, 3.63) is 0 Å². The van der Waals surface area contributed by atoms with Crippen LogP contribution in [-0.4, -0.2) is 11.9 Å². The van der Waals surface area contributed by atoms with Crippen molar-refractivity contribution >= 4 is 5.91 Å². The molecule has 1 fully saturated rings. The highest BCUT2D eigenvalue weighted by atomic mass is 16.2. The maximum atomic E-state index is 11.3. The van der Waals surface area contributed by atoms with E-state index in [0.717, 1.165) is 12.8 Å². The lowest BCUT2D eigenvalue weighted by Crippen LogP contribution is -2.34. The molecule has 66 valence electrons. The van der Waals surface area contributed by atoms with E-state index in [1.807, 2.05) is 19.9 Å². The summed E-state index contributed by atoms with van der Waals surface area (Å²) in [5.74, 6) is -0.477. The largest absolute Gasteiger partial charge is 0.352 e. The Hall–Kier alpha value is -1.04. The molecule has 1 rings (SSSR count). The van der Waals surface area contributed by atoms with E-state index >= 15 is 0 Å². The molecule has 1 N–H and O–H groups in total. The molecule has 0 aliphatic heterocycles. The van der Waals surface area contributed by atoms with Crippen LogP contribution < -0.4 is 5.32 Å².